The van der Waals surface area contributed by atoms with E-state index in [1.165, 1.54) is 0 Å². The van der Waals surface area contributed by atoms with Crippen LogP contribution in [0.2, 0.25) is 0 Å². The fraction of sp³-hybridized carbons (Fsp3) is 0.941. The van der Waals surface area contributed by atoms with Crippen molar-refractivity contribution in [1.82, 2.24) is 10.2 Å². The van der Waals surface area contributed by atoms with Gasteiger partial charge in [-0.3, -0.25) is 0 Å². The van der Waals surface area contributed by atoms with Crippen LogP contribution in [0.4, 0.5) is 4.79 Å². The Kier molecular flexibility index (Phi) is 8.79. The van der Waals surface area contributed by atoms with E-state index in [1.807, 2.05) is 25.7 Å². The fourth-order valence-corrected chi connectivity index (χ4v) is 2.50. The molecule has 1 N–H and O–H groups in total. The minimum atomic E-state index is -0.407. The van der Waals surface area contributed by atoms with Crippen molar-refractivity contribution in [2.24, 2.45) is 5.92 Å². The molecule has 1 heterocycles. The molecule has 1 aliphatic heterocycles. The van der Waals surface area contributed by atoms with Gasteiger partial charge in [0.25, 0.3) is 0 Å². The molecule has 0 aromatic rings. The number of likely N-dealkylation sites (tertiary alicyclic amines) is 1. The fourth-order valence-electron chi connectivity index (χ4n) is 2.50. The minimum Gasteiger partial charge on any atom is -0.444 e. The van der Waals surface area contributed by atoms with E-state index in [1.54, 1.807) is 0 Å². The third kappa shape index (κ3) is 8.59. The topological polar surface area (TPSA) is 50.8 Å². The molecule has 0 bridgehead atoms. The Hall–Kier alpha value is -0.810. The Morgan fingerprint density at radius 1 is 1.23 bits per heavy atom. The maximum atomic E-state index is 12.0. The van der Waals surface area contributed by atoms with E-state index >= 15 is 0 Å². The zero-order valence-electron chi connectivity index (χ0n) is 14.8. The number of hydrogen-bond acceptors (Lipinski definition) is 4. The molecular formula is C17H34N2O3. The third-order valence-electron chi connectivity index (χ3n) is 3.69. The van der Waals surface area contributed by atoms with Gasteiger partial charge in [0.05, 0.1) is 0 Å². The Bertz CT molecular complexity index is 308. The number of ether oxygens (including phenoxy) is 2. The van der Waals surface area contributed by atoms with Crippen molar-refractivity contribution in [3.8, 4) is 0 Å². The van der Waals surface area contributed by atoms with Crippen molar-refractivity contribution in [1.29, 1.82) is 0 Å². The molecule has 1 fully saturated rings. The average molecular weight is 314 g/mol. The van der Waals surface area contributed by atoms with E-state index in [0.29, 0.717) is 5.92 Å². The average Bonchev–Trinajstić information content (AvgIpc) is 2.45. The van der Waals surface area contributed by atoms with Gasteiger partial charge in [0, 0.05) is 26.3 Å². The van der Waals surface area contributed by atoms with Crippen LogP contribution in [-0.4, -0.2) is 56.0 Å². The molecule has 22 heavy (non-hydrogen) atoms. The van der Waals surface area contributed by atoms with Gasteiger partial charge in [-0.1, -0.05) is 6.92 Å². The molecule has 0 aromatic carbocycles. The van der Waals surface area contributed by atoms with Crippen LogP contribution in [0.1, 0.15) is 53.4 Å². The molecule has 1 amide bonds. The molecule has 1 aliphatic rings. The summed E-state index contributed by atoms with van der Waals surface area (Å²) in [6.45, 7) is 13.2. The van der Waals surface area contributed by atoms with Gasteiger partial charge in [-0.15, -0.1) is 0 Å². The zero-order valence-corrected chi connectivity index (χ0v) is 14.8. The van der Waals surface area contributed by atoms with Crippen molar-refractivity contribution in [2.45, 2.75) is 59.0 Å². The van der Waals surface area contributed by atoms with Gasteiger partial charge in [-0.25, -0.2) is 4.79 Å². The summed E-state index contributed by atoms with van der Waals surface area (Å²) in [6, 6.07) is 0. The number of amides is 1. The number of rotatable bonds is 8. The summed E-state index contributed by atoms with van der Waals surface area (Å²) >= 11 is 0. The highest BCUT2D eigenvalue weighted by Gasteiger charge is 2.26. The van der Waals surface area contributed by atoms with Gasteiger partial charge in [-0.2, -0.15) is 0 Å². The predicted octanol–water partition coefficient (Wildman–Crippen LogP) is 3.04. The first-order valence-corrected chi connectivity index (χ1v) is 8.68. The summed E-state index contributed by atoms with van der Waals surface area (Å²) < 4.78 is 10.9. The molecule has 130 valence electrons. The molecule has 0 spiro atoms. The lowest BCUT2D eigenvalue weighted by atomic mass is 9.97. The van der Waals surface area contributed by atoms with Crippen LogP contribution in [-0.2, 0) is 9.47 Å². The second-order valence-electron chi connectivity index (χ2n) is 7.08. The first-order valence-electron chi connectivity index (χ1n) is 8.68. The van der Waals surface area contributed by atoms with Crippen molar-refractivity contribution in [3.05, 3.63) is 0 Å². The highest BCUT2D eigenvalue weighted by Crippen LogP contribution is 2.19. The van der Waals surface area contributed by atoms with Crippen molar-refractivity contribution < 1.29 is 14.3 Å². The molecule has 0 aromatic heterocycles. The van der Waals surface area contributed by atoms with Crippen LogP contribution >= 0.6 is 0 Å². The van der Waals surface area contributed by atoms with E-state index in [2.05, 4.69) is 12.2 Å². The molecule has 0 atom stereocenters. The van der Waals surface area contributed by atoms with E-state index in [4.69, 9.17) is 9.47 Å². The van der Waals surface area contributed by atoms with Gasteiger partial charge < -0.3 is 19.7 Å². The number of carbonyl (C=O) groups is 1. The lowest BCUT2D eigenvalue weighted by Gasteiger charge is -2.33. The first-order chi connectivity index (χ1) is 10.4. The molecule has 0 saturated carbocycles. The van der Waals surface area contributed by atoms with Gasteiger partial charge in [0.1, 0.15) is 5.60 Å². The standard InChI is InChI=1S/C17H34N2O3/c1-5-12-21-13-6-9-18-14-15-7-10-19(11-8-15)16(20)22-17(2,3)4/h15,18H,5-14H2,1-4H3. The van der Waals surface area contributed by atoms with Gasteiger partial charge in [0.2, 0.25) is 0 Å². The third-order valence-corrected chi connectivity index (χ3v) is 3.69. The van der Waals surface area contributed by atoms with Gasteiger partial charge >= 0.3 is 6.09 Å². The molecule has 5 heteroatoms. The highest BCUT2D eigenvalue weighted by atomic mass is 16.6. The van der Waals surface area contributed by atoms with Gasteiger partial charge in [0.15, 0.2) is 0 Å². The summed E-state index contributed by atoms with van der Waals surface area (Å²) in [5, 5.41) is 3.50. The Morgan fingerprint density at radius 3 is 2.50 bits per heavy atom. The quantitative estimate of drug-likeness (QED) is 0.700. The zero-order chi connectivity index (χ0) is 16.4. The molecular weight excluding hydrogens is 280 g/mol. The maximum absolute atomic E-state index is 12.0. The van der Waals surface area contributed by atoms with Crippen molar-refractivity contribution >= 4 is 6.09 Å². The first kappa shape index (κ1) is 19.2. The van der Waals surface area contributed by atoms with Crippen LogP contribution in [0.15, 0.2) is 0 Å². The predicted molar refractivity (Wildman–Crippen MR) is 89.1 cm³/mol. The van der Waals surface area contributed by atoms with E-state index in [0.717, 1.165) is 65.1 Å². The number of piperidine rings is 1. The second-order valence-corrected chi connectivity index (χ2v) is 7.08. The van der Waals surface area contributed by atoms with Crippen molar-refractivity contribution in [2.75, 3.05) is 39.4 Å². The summed E-state index contributed by atoms with van der Waals surface area (Å²) in [5.41, 5.74) is -0.407. The van der Waals surface area contributed by atoms with E-state index in [-0.39, 0.29) is 6.09 Å². The van der Waals surface area contributed by atoms with Crippen LogP contribution < -0.4 is 5.32 Å². The summed E-state index contributed by atoms with van der Waals surface area (Å²) in [6.07, 6.45) is 4.09. The molecule has 5 nitrogen and oxygen atoms in total. The minimum absolute atomic E-state index is 0.174. The Labute approximate surface area is 135 Å². The normalized spacial score (nSPS) is 16.8. The van der Waals surface area contributed by atoms with Gasteiger partial charge in [-0.05, 0) is 65.5 Å². The van der Waals surface area contributed by atoms with Crippen LogP contribution in [0.25, 0.3) is 0 Å². The Balaban J connectivity index is 2.06. The smallest absolute Gasteiger partial charge is 0.410 e. The molecule has 0 radical (unpaired) electrons. The summed E-state index contributed by atoms with van der Waals surface area (Å²) in [5.74, 6) is 0.662. The lowest BCUT2D eigenvalue weighted by molar-refractivity contribution is 0.0184. The summed E-state index contributed by atoms with van der Waals surface area (Å²) in [4.78, 5) is 13.8. The van der Waals surface area contributed by atoms with Crippen LogP contribution in [0.3, 0.4) is 0 Å². The largest absolute Gasteiger partial charge is 0.444 e. The van der Waals surface area contributed by atoms with Crippen LogP contribution in [0, 0.1) is 5.92 Å². The SMILES string of the molecule is CCCOCCCNCC1CCN(C(=O)OC(C)(C)C)CC1. The maximum Gasteiger partial charge on any atom is 0.410 e. The number of hydrogen-bond donors (Lipinski definition) is 1. The number of carbonyl (C=O) groups excluding carboxylic acids is 1. The second kappa shape index (κ2) is 10.1. The van der Waals surface area contributed by atoms with Crippen LogP contribution in [0.5, 0.6) is 0 Å². The monoisotopic (exact) mass is 314 g/mol. The molecule has 0 aliphatic carbocycles. The summed E-state index contributed by atoms with van der Waals surface area (Å²) in [7, 11) is 0. The Morgan fingerprint density at radius 2 is 1.91 bits per heavy atom. The van der Waals surface area contributed by atoms with E-state index < -0.39 is 5.60 Å². The van der Waals surface area contributed by atoms with E-state index in [9.17, 15) is 4.79 Å². The van der Waals surface area contributed by atoms with Crippen molar-refractivity contribution in [3.63, 3.8) is 0 Å². The number of nitrogens with one attached hydrogen (secondary N) is 1. The molecule has 1 rings (SSSR count). The lowest BCUT2D eigenvalue weighted by Crippen LogP contribution is -2.43. The molecule has 1 saturated heterocycles. The number of nitrogens with zero attached hydrogens (tertiary/aromatic N) is 1. The highest BCUT2D eigenvalue weighted by molar-refractivity contribution is 5.68. The molecule has 0 unspecified atom stereocenters.